The molecule has 1 aliphatic rings. The Hall–Kier alpha value is -2.09. The van der Waals surface area contributed by atoms with Crippen molar-refractivity contribution in [1.29, 1.82) is 0 Å². The third-order valence-electron chi connectivity index (χ3n) is 4.21. The number of benzene rings is 2. The van der Waals surface area contributed by atoms with E-state index in [-0.39, 0.29) is 5.78 Å². The second-order valence-electron chi connectivity index (χ2n) is 6.06. The summed E-state index contributed by atoms with van der Waals surface area (Å²) in [7, 11) is 0. The number of hydrogen-bond donors (Lipinski definition) is 0. The number of anilines is 1. The van der Waals surface area contributed by atoms with Gasteiger partial charge < -0.3 is 4.90 Å². The van der Waals surface area contributed by atoms with Crippen molar-refractivity contribution in [2.45, 2.75) is 20.3 Å². The molecule has 2 aromatic carbocycles. The van der Waals surface area contributed by atoms with Crippen molar-refractivity contribution < 1.29 is 4.79 Å². The topological polar surface area (TPSA) is 20.3 Å². The maximum Gasteiger partial charge on any atom is 0.182 e. The highest BCUT2D eigenvalue weighted by Gasteiger charge is 2.23. The third kappa shape index (κ3) is 2.85. The summed E-state index contributed by atoms with van der Waals surface area (Å²) in [5.41, 5.74) is 4.47. The molecule has 0 fully saturated rings. The lowest BCUT2D eigenvalue weighted by atomic mass is 9.93. The molecule has 1 unspecified atom stereocenters. The number of rotatable bonds is 3. The highest BCUT2D eigenvalue weighted by molar-refractivity contribution is 6.00. The third-order valence-corrected chi connectivity index (χ3v) is 4.21. The Kier molecular flexibility index (Phi) is 3.78. The minimum Gasteiger partial charge on any atom is -0.363 e. The van der Waals surface area contributed by atoms with Crippen molar-refractivity contribution in [1.82, 2.24) is 0 Å². The summed E-state index contributed by atoms with van der Waals surface area (Å²) in [6, 6.07) is 16.3. The number of aryl methyl sites for hydroxylation is 1. The van der Waals surface area contributed by atoms with E-state index in [0.717, 1.165) is 24.1 Å². The van der Waals surface area contributed by atoms with Crippen LogP contribution in [-0.2, 0) is 6.42 Å². The van der Waals surface area contributed by atoms with Gasteiger partial charge in [0.15, 0.2) is 5.78 Å². The van der Waals surface area contributed by atoms with E-state index in [1.54, 1.807) is 0 Å². The molecule has 3 rings (SSSR count). The van der Waals surface area contributed by atoms with Crippen LogP contribution in [0, 0.1) is 12.8 Å². The zero-order valence-corrected chi connectivity index (χ0v) is 12.7. The van der Waals surface area contributed by atoms with Crippen LogP contribution in [0.15, 0.2) is 48.5 Å². The lowest BCUT2D eigenvalue weighted by Gasteiger charge is -2.34. The second-order valence-corrected chi connectivity index (χ2v) is 6.06. The number of carbonyl (C=O) groups is 1. The first kappa shape index (κ1) is 13.9. The summed E-state index contributed by atoms with van der Waals surface area (Å²) in [6.45, 7) is 5.67. The van der Waals surface area contributed by atoms with Crippen molar-refractivity contribution in [3.05, 3.63) is 65.2 Å². The molecule has 0 radical (unpaired) electrons. The molecule has 0 bridgehead atoms. The molecule has 1 atom stereocenters. The maximum atomic E-state index is 12.6. The van der Waals surface area contributed by atoms with Crippen LogP contribution in [0.25, 0.3) is 0 Å². The first-order valence-corrected chi connectivity index (χ1v) is 7.57. The normalized spacial score (nSPS) is 17.4. The lowest BCUT2D eigenvalue weighted by molar-refractivity contribution is 0.0997. The molecule has 2 nitrogen and oxygen atoms in total. The molecule has 2 aromatic rings. The largest absolute Gasteiger partial charge is 0.363 e. The van der Waals surface area contributed by atoms with Crippen LogP contribution >= 0.6 is 0 Å². The Morgan fingerprint density at radius 2 is 1.86 bits per heavy atom. The Bertz CT molecular complexity index is 662. The highest BCUT2D eigenvalue weighted by atomic mass is 16.1. The molecule has 21 heavy (non-hydrogen) atoms. The number of hydrogen-bond acceptors (Lipinski definition) is 2. The van der Waals surface area contributed by atoms with Gasteiger partial charge in [0.25, 0.3) is 0 Å². The SMILES string of the molecule is Cc1ccccc1C(=O)CN1CC(C)Cc2ccccc21. The number of para-hydroxylation sites is 1. The molecular formula is C19H21NO. The average molecular weight is 279 g/mol. The van der Waals surface area contributed by atoms with Crippen molar-refractivity contribution >= 4 is 11.5 Å². The Morgan fingerprint density at radius 1 is 1.14 bits per heavy atom. The van der Waals surface area contributed by atoms with Crippen LogP contribution in [0.1, 0.15) is 28.4 Å². The van der Waals surface area contributed by atoms with Gasteiger partial charge in [0.2, 0.25) is 0 Å². The van der Waals surface area contributed by atoms with Gasteiger partial charge in [0.05, 0.1) is 6.54 Å². The minimum absolute atomic E-state index is 0.206. The van der Waals surface area contributed by atoms with Gasteiger partial charge >= 0.3 is 0 Å². The second kappa shape index (κ2) is 5.72. The number of fused-ring (bicyclic) bond motifs is 1. The van der Waals surface area contributed by atoms with E-state index < -0.39 is 0 Å². The zero-order chi connectivity index (χ0) is 14.8. The smallest absolute Gasteiger partial charge is 0.182 e. The molecule has 0 spiro atoms. The van der Waals surface area contributed by atoms with Crippen LogP contribution in [-0.4, -0.2) is 18.9 Å². The van der Waals surface area contributed by atoms with Crippen molar-refractivity contribution in [3.8, 4) is 0 Å². The molecule has 0 saturated heterocycles. The predicted molar refractivity (Wildman–Crippen MR) is 87.0 cm³/mol. The van der Waals surface area contributed by atoms with Crippen LogP contribution < -0.4 is 4.90 Å². The molecule has 0 N–H and O–H groups in total. The monoisotopic (exact) mass is 279 g/mol. The van der Waals surface area contributed by atoms with Crippen LogP contribution in [0.2, 0.25) is 0 Å². The molecule has 0 aromatic heterocycles. The van der Waals surface area contributed by atoms with E-state index in [4.69, 9.17) is 0 Å². The molecule has 0 saturated carbocycles. The van der Waals surface area contributed by atoms with E-state index in [0.29, 0.717) is 12.5 Å². The Morgan fingerprint density at radius 3 is 2.67 bits per heavy atom. The first-order chi connectivity index (χ1) is 10.1. The van der Waals surface area contributed by atoms with Gasteiger partial charge in [0, 0.05) is 17.8 Å². The number of nitrogens with zero attached hydrogens (tertiary/aromatic N) is 1. The maximum absolute atomic E-state index is 12.6. The van der Waals surface area contributed by atoms with E-state index in [2.05, 4.69) is 36.1 Å². The number of ketones is 1. The molecular weight excluding hydrogens is 258 g/mol. The molecule has 1 heterocycles. The standard InChI is InChI=1S/C19H21NO/c1-14-11-16-8-4-6-10-18(16)20(12-14)13-19(21)17-9-5-3-7-15(17)2/h3-10,14H,11-13H2,1-2H3. The summed E-state index contributed by atoms with van der Waals surface area (Å²) < 4.78 is 0. The lowest BCUT2D eigenvalue weighted by Crippen LogP contribution is -2.38. The van der Waals surface area contributed by atoms with Crippen molar-refractivity contribution in [2.75, 3.05) is 18.0 Å². The van der Waals surface area contributed by atoms with E-state index in [1.807, 2.05) is 31.2 Å². The Labute approximate surface area is 126 Å². The van der Waals surface area contributed by atoms with Gasteiger partial charge in [-0.15, -0.1) is 0 Å². The Balaban J connectivity index is 1.85. The van der Waals surface area contributed by atoms with Crippen molar-refractivity contribution in [3.63, 3.8) is 0 Å². The van der Waals surface area contributed by atoms with Crippen LogP contribution in [0.5, 0.6) is 0 Å². The van der Waals surface area contributed by atoms with Gasteiger partial charge in [-0.05, 0) is 36.5 Å². The summed E-state index contributed by atoms with van der Waals surface area (Å²) in [6.07, 6.45) is 1.10. The average Bonchev–Trinajstić information content (AvgIpc) is 2.47. The number of carbonyl (C=O) groups excluding carboxylic acids is 1. The molecule has 2 heteroatoms. The van der Waals surface area contributed by atoms with Crippen molar-refractivity contribution in [2.24, 2.45) is 5.92 Å². The van der Waals surface area contributed by atoms with Gasteiger partial charge in [-0.3, -0.25) is 4.79 Å². The molecule has 0 aliphatic carbocycles. The summed E-state index contributed by atoms with van der Waals surface area (Å²) in [4.78, 5) is 14.8. The van der Waals surface area contributed by atoms with Gasteiger partial charge in [-0.1, -0.05) is 49.4 Å². The quantitative estimate of drug-likeness (QED) is 0.795. The van der Waals surface area contributed by atoms with E-state index >= 15 is 0 Å². The highest BCUT2D eigenvalue weighted by Crippen LogP contribution is 2.29. The fourth-order valence-corrected chi connectivity index (χ4v) is 3.20. The van der Waals surface area contributed by atoms with Gasteiger partial charge in [0.1, 0.15) is 0 Å². The fraction of sp³-hybridized carbons (Fsp3) is 0.316. The molecule has 108 valence electrons. The van der Waals surface area contributed by atoms with E-state index in [1.165, 1.54) is 11.3 Å². The molecule has 0 amide bonds. The van der Waals surface area contributed by atoms with Gasteiger partial charge in [-0.2, -0.15) is 0 Å². The molecule has 1 aliphatic heterocycles. The zero-order valence-electron chi connectivity index (χ0n) is 12.7. The first-order valence-electron chi connectivity index (χ1n) is 7.57. The summed E-state index contributed by atoms with van der Waals surface area (Å²) >= 11 is 0. The summed E-state index contributed by atoms with van der Waals surface area (Å²) in [5.74, 6) is 0.793. The van der Waals surface area contributed by atoms with E-state index in [9.17, 15) is 4.79 Å². The van der Waals surface area contributed by atoms with Gasteiger partial charge in [-0.25, -0.2) is 0 Å². The fourth-order valence-electron chi connectivity index (χ4n) is 3.20. The minimum atomic E-state index is 0.206. The predicted octanol–water partition coefficient (Wildman–Crippen LogP) is 3.88. The summed E-state index contributed by atoms with van der Waals surface area (Å²) in [5, 5.41) is 0. The van der Waals surface area contributed by atoms with Crippen LogP contribution in [0.4, 0.5) is 5.69 Å². The van der Waals surface area contributed by atoms with Crippen LogP contribution in [0.3, 0.4) is 0 Å². The number of Topliss-reactive ketones (excluding diaryl/α,β-unsaturated/α-hetero) is 1.